The Balaban J connectivity index is 1.54. The summed E-state index contributed by atoms with van der Waals surface area (Å²) in [5.74, 6) is -0.197. The van der Waals surface area contributed by atoms with Crippen molar-refractivity contribution in [2.45, 2.75) is 13.0 Å². The van der Waals surface area contributed by atoms with Crippen LogP contribution in [0.15, 0.2) is 24.3 Å². The van der Waals surface area contributed by atoms with Gasteiger partial charge in [0.15, 0.2) is 0 Å². The summed E-state index contributed by atoms with van der Waals surface area (Å²) in [6.45, 7) is 6.90. The van der Waals surface area contributed by atoms with Gasteiger partial charge in [0.1, 0.15) is 5.82 Å². The number of hydrogen-bond donors (Lipinski definition) is 1. The highest BCUT2D eigenvalue weighted by Crippen LogP contribution is 2.04. The Kier molecular flexibility index (Phi) is 5.58. The van der Waals surface area contributed by atoms with Gasteiger partial charge in [-0.05, 0) is 24.1 Å². The highest BCUT2D eigenvalue weighted by Gasteiger charge is 2.08. The molecule has 0 spiro atoms. The monoisotopic (exact) mass is 252 g/mol. The van der Waals surface area contributed by atoms with Crippen LogP contribution < -0.4 is 5.32 Å². The van der Waals surface area contributed by atoms with Crippen LogP contribution >= 0.6 is 0 Å². The van der Waals surface area contributed by atoms with Gasteiger partial charge in [0.05, 0.1) is 6.61 Å². The van der Waals surface area contributed by atoms with Crippen LogP contribution in [-0.2, 0) is 11.3 Å². The van der Waals surface area contributed by atoms with Gasteiger partial charge >= 0.3 is 0 Å². The van der Waals surface area contributed by atoms with Crippen LogP contribution in [0.5, 0.6) is 0 Å². The van der Waals surface area contributed by atoms with E-state index in [1.807, 2.05) is 0 Å². The molecule has 4 heteroatoms. The van der Waals surface area contributed by atoms with Crippen molar-refractivity contribution in [1.29, 1.82) is 0 Å². The fraction of sp³-hybridized carbons (Fsp3) is 0.571. The van der Waals surface area contributed by atoms with Crippen LogP contribution in [0.4, 0.5) is 4.39 Å². The lowest BCUT2D eigenvalue weighted by Gasteiger charge is -2.26. The Morgan fingerprint density at radius 2 is 1.89 bits per heavy atom. The van der Waals surface area contributed by atoms with Gasteiger partial charge in [0, 0.05) is 39.3 Å². The number of ether oxygens (including phenoxy) is 1. The molecule has 0 aliphatic carbocycles. The number of hydrogen-bond acceptors (Lipinski definition) is 3. The van der Waals surface area contributed by atoms with E-state index in [1.54, 1.807) is 12.1 Å². The van der Waals surface area contributed by atoms with E-state index in [0.717, 1.165) is 51.3 Å². The number of piperazine rings is 1. The summed E-state index contributed by atoms with van der Waals surface area (Å²) in [7, 11) is 0. The molecule has 1 saturated heterocycles. The molecule has 1 aliphatic heterocycles. The molecule has 2 rings (SSSR count). The predicted molar refractivity (Wildman–Crippen MR) is 70.0 cm³/mol. The van der Waals surface area contributed by atoms with Gasteiger partial charge < -0.3 is 15.0 Å². The maximum atomic E-state index is 12.7. The molecule has 0 saturated carbocycles. The van der Waals surface area contributed by atoms with Gasteiger partial charge in [-0.15, -0.1) is 0 Å². The first-order chi connectivity index (χ1) is 8.84. The van der Waals surface area contributed by atoms with Crippen molar-refractivity contribution >= 4 is 0 Å². The zero-order chi connectivity index (χ0) is 12.6. The predicted octanol–water partition coefficient (Wildman–Crippen LogP) is 1.64. The molecule has 3 nitrogen and oxygen atoms in total. The Labute approximate surface area is 108 Å². The van der Waals surface area contributed by atoms with Crippen LogP contribution in [0, 0.1) is 5.82 Å². The minimum atomic E-state index is -0.197. The number of benzene rings is 1. The largest absolute Gasteiger partial charge is 0.377 e. The fourth-order valence-corrected chi connectivity index (χ4v) is 2.10. The Morgan fingerprint density at radius 3 is 2.61 bits per heavy atom. The fourth-order valence-electron chi connectivity index (χ4n) is 2.10. The van der Waals surface area contributed by atoms with E-state index < -0.39 is 0 Å². The van der Waals surface area contributed by atoms with Gasteiger partial charge in [-0.25, -0.2) is 4.39 Å². The lowest BCUT2D eigenvalue weighted by Crippen LogP contribution is -2.43. The molecule has 1 aromatic rings. The molecule has 100 valence electrons. The second kappa shape index (κ2) is 7.46. The summed E-state index contributed by atoms with van der Waals surface area (Å²) < 4.78 is 18.3. The molecule has 1 aromatic carbocycles. The summed E-state index contributed by atoms with van der Waals surface area (Å²) in [5.41, 5.74) is 1.03. The van der Waals surface area contributed by atoms with E-state index >= 15 is 0 Å². The minimum Gasteiger partial charge on any atom is -0.377 e. The van der Waals surface area contributed by atoms with Crippen LogP contribution in [0.2, 0.25) is 0 Å². The van der Waals surface area contributed by atoms with E-state index in [2.05, 4.69) is 10.2 Å². The van der Waals surface area contributed by atoms with Crippen molar-refractivity contribution in [1.82, 2.24) is 10.2 Å². The van der Waals surface area contributed by atoms with E-state index in [4.69, 9.17) is 4.74 Å². The zero-order valence-corrected chi connectivity index (χ0v) is 10.7. The molecule has 1 fully saturated rings. The van der Waals surface area contributed by atoms with Gasteiger partial charge in [-0.3, -0.25) is 0 Å². The van der Waals surface area contributed by atoms with Crippen molar-refractivity contribution in [2.24, 2.45) is 0 Å². The van der Waals surface area contributed by atoms with Crippen LogP contribution in [0.3, 0.4) is 0 Å². The molecule has 1 heterocycles. The van der Waals surface area contributed by atoms with Crippen molar-refractivity contribution in [3.8, 4) is 0 Å². The maximum Gasteiger partial charge on any atom is 0.123 e. The van der Waals surface area contributed by atoms with Crippen LogP contribution in [-0.4, -0.2) is 44.2 Å². The SMILES string of the molecule is Fc1ccc(COCCCN2CCNCC2)cc1. The average molecular weight is 252 g/mol. The summed E-state index contributed by atoms with van der Waals surface area (Å²) in [6.07, 6.45) is 1.06. The second-order valence-electron chi connectivity index (χ2n) is 4.62. The van der Waals surface area contributed by atoms with Gasteiger partial charge in [0.25, 0.3) is 0 Å². The molecule has 1 N–H and O–H groups in total. The van der Waals surface area contributed by atoms with Crippen molar-refractivity contribution in [3.63, 3.8) is 0 Å². The minimum absolute atomic E-state index is 0.197. The number of halogens is 1. The molecule has 18 heavy (non-hydrogen) atoms. The quantitative estimate of drug-likeness (QED) is 0.779. The Hall–Kier alpha value is -0.970. The lowest BCUT2D eigenvalue weighted by molar-refractivity contribution is 0.106. The van der Waals surface area contributed by atoms with Gasteiger partial charge in [-0.2, -0.15) is 0 Å². The number of nitrogens with one attached hydrogen (secondary N) is 1. The van der Waals surface area contributed by atoms with Crippen LogP contribution in [0.25, 0.3) is 0 Å². The highest BCUT2D eigenvalue weighted by atomic mass is 19.1. The average Bonchev–Trinajstić information content (AvgIpc) is 2.42. The summed E-state index contributed by atoms with van der Waals surface area (Å²) >= 11 is 0. The third-order valence-corrected chi connectivity index (χ3v) is 3.15. The molecule has 1 aliphatic rings. The lowest BCUT2D eigenvalue weighted by atomic mass is 10.2. The molecule has 0 radical (unpaired) electrons. The molecule has 0 bridgehead atoms. The van der Waals surface area contributed by atoms with E-state index in [9.17, 15) is 4.39 Å². The molecular weight excluding hydrogens is 231 g/mol. The van der Waals surface area contributed by atoms with E-state index in [0.29, 0.717) is 6.61 Å². The Bertz CT molecular complexity index is 336. The number of nitrogens with zero attached hydrogens (tertiary/aromatic N) is 1. The summed E-state index contributed by atoms with van der Waals surface area (Å²) in [4.78, 5) is 2.46. The molecule has 0 atom stereocenters. The van der Waals surface area contributed by atoms with Crippen molar-refractivity contribution in [2.75, 3.05) is 39.3 Å². The van der Waals surface area contributed by atoms with Gasteiger partial charge in [0.2, 0.25) is 0 Å². The smallest absolute Gasteiger partial charge is 0.123 e. The zero-order valence-electron chi connectivity index (χ0n) is 10.7. The van der Waals surface area contributed by atoms with Crippen LogP contribution in [0.1, 0.15) is 12.0 Å². The number of rotatable bonds is 6. The topological polar surface area (TPSA) is 24.5 Å². The van der Waals surface area contributed by atoms with Crippen molar-refractivity contribution < 1.29 is 9.13 Å². The van der Waals surface area contributed by atoms with E-state index in [1.165, 1.54) is 12.1 Å². The molecule has 0 amide bonds. The second-order valence-corrected chi connectivity index (χ2v) is 4.62. The summed E-state index contributed by atoms with van der Waals surface area (Å²) in [6, 6.07) is 6.48. The van der Waals surface area contributed by atoms with E-state index in [-0.39, 0.29) is 5.82 Å². The molecule has 0 aromatic heterocycles. The first kappa shape index (κ1) is 13.5. The first-order valence-electron chi connectivity index (χ1n) is 6.60. The normalized spacial score (nSPS) is 16.9. The highest BCUT2D eigenvalue weighted by molar-refractivity contribution is 5.14. The molecule has 0 unspecified atom stereocenters. The molecular formula is C14H21FN2O. The van der Waals surface area contributed by atoms with Crippen molar-refractivity contribution in [3.05, 3.63) is 35.6 Å². The Morgan fingerprint density at radius 1 is 1.17 bits per heavy atom. The standard InChI is InChI=1S/C14H21FN2O/c15-14-4-2-13(3-5-14)12-18-11-1-8-17-9-6-16-7-10-17/h2-5,16H,1,6-12H2. The summed E-state index contributed by atoms with van der Waals surface area (Å²) in [5, 5.41) is 3.34. The first-order valence-corrected chi connectivity index (χ1v) is 6.60. The third kappa shape index (κ3) is 4.72. The van der Waals surface area contributed by atoms with Gasteiger partial charge in [-0.1, -0.05) is 12.1 Å². The maximum absolute atomic E-state index is 12.7. The third-order valence-electron chi connectivity index (χ3n) is 3.15.